The van der Waals surface area contributed by atoms with Gasteiger partial charge >= 0.3 is 0 Å². The minimum atomic E-state index is 0.161. The Morgan fingerprint density at radius 2 is 1.89 bits per heavy atom. The maximum atomic E-state index is 9.62. The van der Waals surface area contributed by atoms with Gasteiger partial charge in [-0.3, -0.25) is 0 Å². The standard InChI is InChI=1S/C21H18BrN5/c1-11-14(7-13-5-6-18(27(3)4)17(22)8-13)19-12(2)16(10-24)21(25)26-20(19)15(11)9-23/h5-8H,1-4H3,(H2,25,26). The molecule has 5 nitrogen and oxygen atoms in total. The third-order valence-corrected chi connectivity index (χ3v) is 5.38. The minimum absolute atomic E-state index is 0.161. The van der Waals surface area contributed by atoms with Crippen LogP contribution in [0, 0.1) is 29.6 Å². The van der Waals surface area contributed by atoms with E-state index in [1.54, 1.807) is 0 Å². The number of nitriles is 2. The van der Waals surface area contributed by atoms with Crippen molar-refractivity contribution in [3.8, 4) is 12.1 Å². The van der Waals surface area contributed by atoms with Gasteiger partial charge in [0.25, 0.3) is 0 Å². The summed E-state index contributed by atoms with van der Waals surface area (Å²) in [6, 6.07) is 10.4. The lowest BCUT2D eigenvalue weighted by atomic mass is 9.95. The van der Waals surface area contributed by atoms with Gasteiger partial charge in [0.15, 0.2) is 0 Å². The average Bonchev–Trinajstić information content (AvgIpc) is 2.86. The highest BCUT2D eigenvalue weighted by atomic mass is 79.9. The highest BCUT2D eigenvalue weighted by Crippen LogP contribution is 2.44. The Hall–Kier alpha value is -3.09. The van der Waals surface area contributed by atoms with Gasteiger partial charge in [-0.2, -0.15) is 10.5 Å². The number of pyridine rings is 1. The van der Waals surface area contributed by atoms with Crippen molar-refractivity contribution in [2.24, 2.45) is 0 Å². The molecule has 0 radical (unpaired) electrons. The monoisotopic (exact) mass is 419 g/mol. The molecule has 0 fully saturated rings. The number of aromatic nitrogens is 1. The van der Waals surface area contributed by atoms with Crippen LogP contribution in [0.2, 0.25) is 0 Å². The van der Waals surface area contributed by atoms with Crippen molar-refractivity contribution >= 4 is 44.7 Å². The third-order valence-electron chi connectivity index (χ3n) is 4.75. The molecule has 3 rings (SSSR count). The lowest BCUT2D eigenvalue weighted by Crippen LogP contribution is -2.09. The van der Waals surface area contributed by atoms with Crippen LogP contribution in [0.15, 0.2) is 28.2 Å². The van der Waals surface area contributed by atoms with Gasteiger partial charge in [0.05, 0.1) is 22.5 Å². The van der Waals surface area contributed by atoms with Gasteiger partial charge in [-0.15, -0.1) is 0 Å². The number of nitrogens with two attached hydrogens (primary N) is 1. The molecule has 0 atom stereocenters. The topological polar surface area (TPSA) is 89.7 Å². The number of nitrogens with zero attached hydrogens (tertiary/aromatic N) is 4. The number of benzene rings is 1. The van der Waals surface area contributed by atoms with Crippen molar-refractivity contribution in [1.82, 2.24) is 4.98 Å². The van der Waals surface area contributed by atoms with Gasteiger partial charge in [0.2, 0.25) is 0 Å². The summed E-state index contributed by atoms with van der Waals surface area (Å²) in [6.07, 6.45) is 2.02. The number of allylic oxidation sites excluding steroid dienone is 3. The van der Waals surface area contributed by atoms with Crippen molar-refractivity contribution in [3.63, 3.8) is 0 Å². The van der Waals surface area contributed by atoms with Gasteiger partial charge in [0.1, 0.15) is 18.0 Å². The number of rotatable bonds is 2. The summed E-state index contributed by atoms with van der Waals surface area (Å²) in [6.45, 7) is 3.75. The highest BCUT2D eigenvalue weighted by Gasteiger charge is 2.29. The zero-order valence-electron chi connectivity index (χ0n) is 15.6. The molecule has 1 aliphatic rings. The predicted octanol–water partition coefficient (Wildman–Crippen LogP) is 4.52. The van der Waals surface area contributed by atoms with E-state index in [0.29, 0.717) is 16.8 Å². The second-order valence-corrected chi connectivity index (χ2v) is 7.46. The first kappa shape index (κ1) is 18.7. The van der Waals surface area contributed by atoms with E-state index in [-0.39, 0.29) is 5.82 Å². The maximum absolute atomic E-state index is 9.62. The molecule has 1 aromatic heterocycles. The summed E-state index contributed by atoms with van der Waals surface area (Å²) >= 11 is 3.61. The van der Waals surface area contributed by atoms with E-state index in [2.05, 4.69) is 33.1 Å². The molecular formula is C21H18BrN5. The number of anilines is 2. The van der Waals surface area contributed by atoms with E-state index < -0.39 is 0 Å². The van der Waals surface area contributed by atoms with Gasteiger partial charge in [0, 0.05) is 24.1 Å². The molecule has 0 bridgehead atoms. The number of nitrogen functional groups attached to an aromatic ring is 1. The Bertz CT molecular complexity index is 1110. The zero-order valence-corrected chi connectivity index (χ0v) is 17.1. The largest absolute Gasteiger partial charge is 0.383 e. The van der Waals surface area contributed by atoms with Gasteiger partial charge < -0.3 is 10.6 Å². The van der Waals surface area contributed by atoms with E-state index in [1.807, 2.05) is 57.1 Å². The van der Waals surface area contributed by atoms with Crippen molar-refractivity contribution in [3.05, 3.63) is 56.2 Å². The smallest absolute Gasteiger partial charge is 0.142 e. The van der Waals surface area contributed by atoms with Crippen molar-refractivity contribution in [2.45, 2.75) is 13.8 Å². The summed E-state index contributed by atoms with van der Waals surface area (Å²) in [4.78, 5) is 6.38. The number of hydrogen-bond acceptors (Lipinski definition) is 5. The lowest BCUT2D eigenvalue weighted by Gasteiger charge is -2.15. The Balaban J connectivity index is 2.26. The van der Waals surface area contributed by atoms with Crippen molar-refractivity contribution in [2.75, 3.05) is 24.7 Å². The first-order valence-electron chi connectivity index (χ1n) is 8.31. The zero-order chi connectivity index (χ0) is 19.9. The fourth-order valence-corrected chi connectivity index (χ4v) is 4.09. The van der Waals surface area contributed by atoms with Crippen LogP contribution in [-0.2, 0) is 0 Å². The number of fused-ring (bicyclic) bond motifs is 1. The van der Waals surface area contributed by atoms with Crippen LogP contribution < -0.4 is 10.6 Å². The average molecular weight is 420 g/mol. The molecule has 6 heteroatoms. The summed E-state index contributed by atoms with van der Waals surface area (Å²) in [7, 11) is 3.97. The Morgan fingerprint density at radius 1 is 1.19 bits per heavy atom. The van der Waals surface area contributed by atoms with Gasteiger partial charge in [-0.05, 0) is 70.3 Å². The van der Waals surface area contributed by atoms with Crippen molar-refractivity contribution < 1.29 is 0 Å². The van der Waals surface area contributed by atoms with E-state index >= 15 is 0 Å². The van der Waals surface area contributed by atoms with Gasteiger partial charge in [-0.25, -0.2) is 4.98 Å². The van der Waals surface area contributed by atoms with E-state index in [9.17, 15) is 10.5 Å². The number of hydrogen-bond donors (Lipinski definition) is 1. The Morgan fingerprint density at radius 3 is 2.44 bits per heavy atom. The predicted molar refractivity (Wildman–Crippen MR) is 113 cm³/mol. The van der Waals surface area contributed by atoms with E-state index in [4.69, 9.17) is 5.73 Å². The number of halogens is 1. The van der Waals surface area contributed by atoms with Crippen LogP contribution in [0.3, 0.4) is 0 Å². The van der Waals surface area contributed by atoms with Crippen LogP contribution in [0.5, 0.6) is 0 Å². The van der Waals surface area contributed by atoms with E-state index in [1.165, 1.54) is 0 Å². The molecule has 27 heavy (non-hydrogen) atoms. The quantitative estimate of drug-likeness (QED) is 0.772. The Kier molecular flexibility index (Phi) is 4.78. The molecule has 0 spiro atoms. The molecule has 2 aromatic rings. The second kappa shape index (κ2) is 6.90. The first-order valence-corrected chi connectivity index (χ1v) is 9.10. The van der Waals surface area contributed by atoms with E-state index in [0.717, 1.165) is 38.0 Å². The first-order chi connectivity index (χ1) is 12.8. The van der Waals surface area contributed by atoms with Crippen LogP contribution in [0.25, 0.3) is 17.2 Å². The van der Waals surface area contributed by atoms with Gasteiger partial charge in [-0.1, -0.05) is 6.07 Å². The molecular weight excluding hydrogens is 402 g/mol. The molecule has 1 aliphatic carbocycles. The summed E-state index contributed by atoms with van der Waals surface area (Å²) in [5, 5.41) is 19.1. The highest BCUT2D eigenvalue weighted by molar-refractivity contribution is 9.10. The molecule has 0 amide bonds. The molecule has 0 unspecified atom stereocenters. The summed E-state index contributed by atoms with van der Waals surface area (Å²) < 4.78 is 0.979. The molecule has 0 aliphatic heterocycles. The lowest BCUT2D eigenvalue weighted by molar-refractivity contribution is 1.12. The maximum Gasteiger partial charge on any atom is 0.142 e. The molecule has 1 heterocycles. The second-order valence-electron chi connectivity index (χ2n) is 6.61. The Labute approximate surface area is 167 Å². The normalized spacial score (nSPS) is 14.1. The van der Waals surface area contributed by atoms with Crippen LogP contribution >= 0.6 is 15.9 Å². The minimum Gasteiger partial charge on any atom is -0.383 e. The molecule has 134 valence electrons. The fourth-order valence-electron chi connectivity index (χ4n) is 3.34. The molecule has 1 aromatic carbocycles. The molecule has 0 saturated heterocycles. The van der Waals surface area contributed by atoms with Crippen molar-refractivity contribution in [1.29, 1.82) is 10.5 Å². The summed E-state index contributed by atoms with van der Waals surface area (Å²) in [5.41, 5.74) is 12.7. The van der Waals surface area contributed by atoms with Crippen LogP contribution in [0.4, 0.5) is 11.5 Å². The van der Waals surface area contributed by atoms with Crippen LogP contribution in [0.1, 0.15) is 34.9 Å². The third kappa shape index (κ3) is 2.99. The summed E-state index contributed by atoms with van der Waals surface area (Å²) in [5.74, 6) is 0.161. The van der Waals surface area contributed by atoms with Crippen LogP contribution in [-0.4, -0.2) is 19.1 Å². The molecule has 0 saturated carbocycles. The fraction of sp³-hybridized carbons (Fsp3) is 0.190. The molecule has 2 N–H and O–H groups in total. The SMILES string of the molecule is CC1=C(C#N)c2nc(N)c(C#N)c(C)c2C1=Cc1ccc(N(C)C)c(Br)c1.